The third kappa shape index (κ3) is 15.8. The topological polar surface area (TPSA) is 46.2 Å². The molecule has 3 heteroatoms. The van der Waals surface area contributed by atoms with Crippen molar-refractivity contribution in [3.63, 3.8) is 0 Å². The van der Waals surface area contributed by atoms with Crippen molar-refractivity contribution >= 4 is 5.97 Å². The van der Waals surface area contributed by atoms with Gasteiger partial charge < -0.3 is 4.74 Å². The third-order valence-corrected chi connectivity index (χ3v) is 4.07. The lowest BCUT2D eigenvalue weighted by atomic mass is 10.0. The van der Waals surface area contributed by atoms with E-state index in [2.05, 4.69) is 6.92 Å². The van der Waals surface area contributed by atoms with E-state index in [1.807, 2.05) is 0 Å². The molecule has 0 saturated heterocycles. The van der Waals surface area contributed by atoms with Crippen molar-refractivity contribution in [1.29, 1.82) is 0 Å². The average Bonchev–Trinajstić information content (AvgIpc) is 2.50. The van der Waals surface area contributed by atoms with Gasteiger partial charge in [0.05, 0.1) is 6.61 Å². The Labute approximate surface area is 137 Å². The highest BCUT2D eigenvalue weighted by atomic mass is 16.5. The number of esters is 1. The van der Waals surface area contributed by atoms with Crippen LogP contribution < -0.4 is 0 Å². The van der Waals surface area contributed by atoms with Crippen molar-refractivity contribution in [3.05, 3.63) is 0 Å². The maximum atomic E-state index is 10.9. The summed E-state index contributed by atoms with van der Waals surface area (Å²) in [6, 6.07) is 0. The number of unbranched alkanes of at least 4 members (excludes halogenated alkanes) is 13. The maximum absolute atomic E-state index is 10.9. The molecule has 1 atom stereocenters. The Kier molecular flexibility index (Phi) is 16.4. The first-order chi connectivity index (χ1) is 10.7. The molecule has 0 N–H and O–H groups in total. The molecule has 0 aromatic heterocycles. The standard InChI is InChI=1S/C19H37O3/c1-3-4-5-6-7-8-9-10-11-12-13-14-15-16-17-22-19(21)18(2)20/h18H,3-17H2,1-2H3. The molecule has 131 valence electrons. The normalized spacial score (nSPS) is 12.3. The predicted molar refractivity (Wildman–Crippen MR) is 91.4 cm³/mol. The van der Waals surface area contributed by atoms with Gasteiger partial charge in [0.2, 0.25) is 0 Å². The molecule has 0 heterocycles. The average molecular weight is 314 g/mol. The fourth-order valence-electron chi connectivity index (χ4n) is 2.59. The van der Waals surface area contributed by atoms with E-state index in [0.717, 1.165) is 12.8 Å². The van der Waals surface area contributed by atoms with Crippen LogP contribution in [0.5, 0.6) is 0 Å². The molecule has 0 spiro atoms. The van der Waals surface area contributed by atoms with Crippen LogP contribution in [-0.2, 0) is 14.6 Å². The molecule has 0 saturated carbocycles. The zero-order valence-corrected chi connectivity index (χ0v) is 14.9. The Morgan fingerprint density at radius 2 is 1.09 bits per heavy atom. The quantitative estimate of drug-likeness (QED) is 0.266. The molecule has 0 rings (SSSR count). The van der Waals surface area contributed by atoms with Gasteiger partial charge in [0.25, 0.3) is 0 Å². The van der Waals surface area contributed by atoms with Crippen molar-refractivity contribution in [2.75, 3.05) is 6.61 Å². The number of ether oxygens (including phenoxy) is 1. The zero-order chi connectivity index (χ0) is 16.5. The number of hydrogen-bond donors (Lipinski definition) is 0. The van der Waals surface area contributed by atoms with Gasteiger partial charge in [0.15, 0.2) is 6.10 Å². The molecule has 3 nitrogen and oxygen atoms in total. The summed E-state index contributed by atoms with van der Waals surface area (Å²) in [6.45, 7) is 4.00. The third-order valence-electron chi connectivity index (χ3n) is 4.07. The summed E-state index contributed by atoms with van der Waals surface area (Å²) >= 11 is 0. The molecule has 0 bridgehead atoms. The first kappa shape index (κ1) is 21.4. The molecule has 22 heavy (non-hydrogen) atoms. The van der Waals surface area contributed by atoms with E-state index < -0.39 is 12.1 Å². The van der Waals surface area contributed by atoms with Crippen molar-refractivity contribution in [3.8, 4) is 0 Å². The van der Waals surface area contributed by atoms with Gasteiger partial charge in [-0.3, -0.25) is 0 Å². The van der Waals surface area contributed by atoms with Crippen LogP contribution in [0.3, 0.4) is 0 Å². The highest BCUT2D eigenvalue weighted by Gasteiger charge is 2.10. The number of carbonyl (C=O) groups is 1. The summed E-state index contributed by atoms with van der Waals surface area (Å²) in [4.78, 5) is 10.9. The lowest BCUT2D eigenvalue weighted by molar-refractivity contribution is -0.156. The molecule has 0 aromatic rings. The zero-order valence-electron chi connectivity index (χ0n) is 14.9. The summed E-state index contributed by atoms with van der Waals surface area (Å²) in [5, 5.41) is 10.7. The molecule has 1 radical (unpaired) electrons. The van der Waals surface area contributed by atoms with Gasteiger partial charge >= 0.3 is 5.97 Å². The number of rotatable bonds is 16. The second kappa shape index (κ2) is 16.8. The molecular formula is C19H37O3. The van der Waals surface area contributed by atoms with E-state index >= 15 is 0 Å². The predicted octanol–water partition coefficient (Wildman–Crippen LogP) is 5.83. The summed E-state index contributed by atoms with van der Waals surface area (Å²) < 4.78 is 4.86. The minimum Gasteiger partial charge on any atom is -0.464 e. The van der Waals surface area contributed by atoms with Crippen LogP contribution >= 0.6 is 0 Å². The smallest absolute Gasteiger partial charge is 0.338 e. The SMILES string of the molecule is CCCCCCCCCCCCCCCCOC(=O)C(C)[O]. The van der Waals surface area contributed by atoms with E-state index in [1.54, 1.807) is 0 Å². The molecule has 0 amide bonds. The molecule has 0 aliphatic carbocycles. The van der Waals surface area contributed by atoms with Crippen molar-refractivity contribution < 1.29 is 14.6 Å². The largest absolute Gasteiger partial charge is 0.464 e. The summed E-state index contributed by atoms with van der Waals surface area (Å²) in [5.74, 6) is -0.616. The molecule has 0 fully saturated rings. The summed E-state index contributed by atoms with van der Waals surface area (Å²) in [5.41, 5.74) is 0. The Hall–Kier alpha value is -0.570. The van der Waals surface area contributed by atoms with Crippen molar-refractivity contribution in [1.82, 2.24) is 0 Å². The van der Waals surface area contributed by atoms with Crippen LogP contribution in [0, 0.1) is 0 Å². The second-order valence-corrected chi connectivity index (χ2v) is 6.41. The first-order valence-electron chi connectivity index (χ1n) is 9.51. The highest BCUT2D eigenvalue weighted by molar-refractivity contribution is 5.73. The molecular weight excluding hydrogens is 276 g/mol. The Balaban J connectivity index is 3.04. The van der Waals surface area contributed by atoms with Gasteiger partial charge in [-0.2, -0.15) is 0 Å². The lowest BCUT2D eigenvalue weighted by Gasteiger charge is -2.05. The van der Waals surface area contributed by atoms with E-state index in [-0.39, 0.29) is 0 Å². The van der Waals surface area contributed by atoms with Crippen LogP contribution in [0.1, 0.15) is 104 Å². The van der Waals surface area contributed by atoms with E-state index in [0.29, 0.717) is 6.61 Å². The van der Waals surface area contributed by atoms with Gasteiger partial charge in [-0.05, 0) is 13.3 Å². The Morgan fingerprint density at radius 1 is 0.727 bits per heavy atom. The van der Waals surface area contributed by atoms with E-state index in [1.165, 1.54) is 84.0 Å². The second-order valence-electron chi connectivity index (χ2n) is 6.41. The molecule has 0 aromatic carbocycles. The fourth-order valence-corrected chi connectivity index (χ4v) is 2.59. The van der Waals surface area contributed by atoms with Crippen LogP contribution in [-0.4, -0.2) is 18.7 Å². The van der Waals surface area contributed by atoms with Crippen LogP contribution in [0.25, 0.3) is 0 Å². The van der Waals surface area contributed by atoms with Gasteiger partial charge in [0, 0.05) is 0 Å². The van der Waals surface area contributed by atoms with Gasteiger partial charge in [-0.15, -0.1) is 0 Å². The number of carbonyl (C=O) groups excluding carboxylic acids is 1. The van der Waals surface area contributed by atoms with Crippen molar-refractivity contribution in [2.24, 2.45) is 0 Å². The lowest BCUT2D eigenvalue weighted by Crippen LogP contribution is -2.18. The minimum atomic E-state index is -1.24. The van der Waals surface area contributed by atoms with Crippen LogP contribution in [0.15, 0.2) is 0 Å². The maximum Gasteiger partial charge on any atom is 0.338 e. The molecule has 0 aliphatic heterocycles. The summed E-state index contributed by atoms with van der Waals surface area (Å²) in [7, 11) is 0. The van der Waals surface area contributed by atoms with Gasteiger partial charge in [-0.25, -0.2) is 9.90 Å². The summed E-state index contributed by atoms with van der Waals surface area (Å²) in [6.07, 6.45) is 17.1. The fraction of sp³-hybridized carbons (Fsp3) is 0.947. The monoisotopic (exact) mass is 313 g/mol. The highest BCUT2D eigenvalue weighted by Crippen LogP contribution is 2.12. The Morgan fingerprint density at radius 3 is 1.45 bits per heavy atom. The van der Waals surface area contributed by atoms with E-state index in [9.17, 15) is 9.90 Å². The first-order valence-corrected chi connectivity index (χ1v) is 9.51. The van der Waals surface area contributed by atoms with Crippen LogP contribution in [0.2, 0.25) is 0 Å². The molecule has 0 aliphatic rings. The van der Waals surface area contributed by atoms with E-state index in [4.69, 9.17) is 4.74 Å². The number of hydrogen-bond acceptors (Lipinski definition) is 2. The molecule has 1 unspecified atom stereocenters. The van der Waals surface area contributed by atoms with Gasteiger partial charge in [-0.1, -0.05) is 90.4 Å². The Bertz CT molecular complexity index is 239. The minimum absolute atomic E-state index is 0.406. The van der Waals surface area contributed by atoms with Crippen LogP contribution in [0.4, 0.5) is 0 Å². The van der Waals surface area contributed by atoms with Gasteiger partial charge in [0.1, 0.15) is 0 Å². The van der Waals surface area contributed by atoms with Crippen molar-refractivity contribution in [2.45, 2.75) is 110 Å².